The molecule has 2 N–H and O–H groups in total. The number of rotatable bonds is 4. The first kappa shape index (κ1) is 16.0. The summed E-state index contributed by atoms with van der Waals surface area (Å²) in [7, 11) is 1.93. The molecule has 5 nitrogen and oxygen atoms in total. The number of hydrogen-bond acceptors (Lipinski definition) is 3. The highest BCUT2D eigenvalue weighted by Crippen LogP contribution is 2.13. The molecule has 0 saturated carbocycles. The predicted octanol–water partition coefficient (Wildman–Crippen LogP) is 0.749. The average Bonchev–Trinajstić information content (AvgIpc) is 2.37. The number of likely N-dealkylation sites (tertiary alicyclic amines) is 1. The molecule has 1 atom stereocenters. The number of nitrogens with zero attached hydrogens (tertiary/aromatic N) is 1. The van der Waals surface area contributed by atoms with Crippen LogP contribution in [0.15, 0.2) is 0 Å². The second kappa shape index (κ2) is 6.89. The van der Waals surface area contributed by atoms with E-state index in [4.69, 9.17) is 0 Å². The van der Waals surface area contributed by atoms with Gasteiger partial charge in [0.05, 0.1) is 0 Å². The van der Waals surface area contributed by atoms with Gasteiger partial charge < -0.3 is 15.5 Å². The Morgan fingerprint density at radius 2 is 2.00 bits per heavy atom. The van der Waals surface area contributed by atoms with Gasteiger partial charge in [-0.3, -0.25) is 9.59 Å². The Kier molecular flexibility index (Phi) is 5.79. The van der Waals surface area contributed by atoms with Crippen LogP contribution in [0.3, 0.4) is 0 Å². The van der Waals surface area contributed by atoms with Gasteiger partial charge >= 0.3 is 0 Å². The summed E-state index contributed by atoms with van der Waals surface area (Å²) in [6, 6.07) is 0.405. The van der Waals surface area contributed by atoms with Crippen LogP contribution < -0.4 is 10.6 Å². The summed E-state index contributed by atoms with van der Waals surface area (Å²) in [5, 5.41) is 6.04. The Hall–Kier alpha value is -1.10. The molecule has 110 valence electrons. The van der Waals surface area contributed by atoms with Crippen LogP contribution in [0.4, 0.5) is 0 Å². The van der Waals surface area contributed by atoms with Crippen molar-refractivity contribution in [1.82, 2.24) is 15.5 Å². The summed E-state index contributed by atoms with van der Waals surface area (Å²) in [6.07, 6.45) is 2.56. The van der Waals surface area contributed by atoms with Gasteiger partial charge in [-0.05, 0) is 19.9 Å². The van der Waals surface area contributed by atoms with Crippen molar-refractivity contribution < 1.29 is 9.59 Å². The molecule has 1 unspecified atom stereocenters. The Morgan fingerprint density at radius 1 is 1.32 bits per heavy atom. The molecule has 0 bridgehead atoms. The molecule has 1 rings (SSSR count). The minimum Gasteiger partial charge on any atom is -0.355 e. The summed E-state index contributed by atoms with van der Waals surface area (Å²) in [5.41, 5.74) is -0.397. The van der Waals surface area contributed by atoms with Gasteiger partial charge in [0.1, 0.15) is 0 Å². The van der Waals surface area contributed by atoms with Gasteiger partial charge in [0.2, 0.25) is 11.8 Å². The zero-order chi connectivity index (χ0) is 14.5. The number of carbonyl (C=O) groups excluding carboxylic acids is 2. The molecule has 1 fully saturated rings. The van der Waals surface area contributed by atoms with E-state index < -0.39 is 5.41 Å². The molecule has 0 spiro atoms. The third-order valence-corrected chi connectivity index (χ3v) is 3.49. The van der Waals surface area contributed by atoms with Gasteiger partial charge in [0.25, 0.3) is 0 Å². The van der Waals surface area contributed by atoms with Gasteiger partial charge in [-0.1, -0.05) is 20.8 Å². The largest absolute Gasteiger partial charge is 0.355 e. The van der Waals surface area contributed by atoms with Crippen molar-refractivity contribution >= 4 is 11.8 Å². The fourth-order valence-electron chi connectivity index (χ4n) is 2.15. The van der Waals surface area contributed by atoms with Crippen molar-refractivity contribution in [3.8, 4) is 0 Å². The molecule has 0 aromatic heterocycles. The van der Waals surface area contributed by atoms with Crippen molar-refractivity contribution in [3.05, 3.63) is 0 Å². The SMILES string of the molecule is CNC1CCCN(C(=O)CCNC(=O)C(C)(C)C)C1. The van der Waals surface area contributed by atoms with E-state index in [0.717, 1.165) is 25.9 Å². The summed E-state index contributed by atoms with van der Waals surface area (Å²) in [5.74, 6) is 0.126. The van der Waals surface area contributed by atoms with Gasteiger partial charge in [0, 0.05) is 37.5 Å². The summed E-state index contributed by atoms with van der Waals surface area (Å²) in [6.45, 7) is 7.65. The van der Waals surface area contributed by atoms with Gasteiger partial charge in [-0.15, -0.1) is 0 Å². The topological polar surface area (TPSA) is 61.4 Å². The minimum atomic E-state index is -0.397. The third kappa shape index (κ3) is 5.19. The summed E-state index contributed by atoms with van der Waals surface area (Å²) in [4.78, 5) is 25.6. The van der Waals surface area contributed by atoms with E-state index >= 15 is 0 Å². The molecule has 5 heteroatoms. The lowest BCUT2D eigenvalue weighted by Crippen LogP contribution is -2.47. The van der Waals surface area contributed by atoms with Crippen LogP contribution in [-0.2, 0) is 9.59 Å². The molecule has 0 aromatic rings. The molecular weight excluding hydrogens is 242 g/mol. The molecule has 2 amide bonds. The third-order valence-electron chi connectivity index (χ3n) is 3.49. The maximum Gasteiger partial charge on any atom is 0.225 e. The summed E-state index contributed by atoms with van der Waals surface area (Å²) < 4.78 is 0. The maximum atomic E-state index is 12.0. The van der Waals surface area contributed by atoms with Crippen LogP contribution in [0.1, 0.15) is 40.0 Å². The van der Waals surface area contributed by atoms with Crippen LogP contribution in [0, 0.1) is 5.41 Å². The van der Waals surface area contributed by atoms with Crippen molar-refractivity contribution in [2.75, 3.05) is 26.7 Å². The second-order valence-corrected chi connectivity index (χ2v) is 6.22. The van der Waals surface area contributed by atoms with E-state index in [9.17, 15) is 9.59 Å². The zero-order valence-electron chi connectivity index (χ0n) is 12.6. The number of amides is 2. The number of piperidine rings is 1. The Morgan fingerprint density at radius 3 is 2.58 bits per heavy atom. The molecular formula is C14H27N3O2. The number of nitrogens with one attached hydrogen (secondary N) is 2. The average molecular weight is 269 g/mol. The minimum absolute atomic E-state index is 0.00737. The lowest BCUT2D eigenvalue weighted by atomic mass is 9.96. The highest BCUT2D eigenvalue weighted by molar-refractivity contribution is 5.82. The van der Waals surface area contributed by atoms with Crippen LogP contribution in [0.25, 0.3) is 0 Å². The first-order chi connectivity index (χ1) is 8.84. The van der Waals surface area contributed by atoms with Crippen LogP contribution in [0.5, 0.6) is 0 Å². The quantitative estimate of drug-likeness (QED) is 0.791. The van der Waals surface area contributed by atoms with E-state index in [-0.39, 0.29) is 11.8 Å². The van der Waals surface area contributed by atoms with E-state index in [2.05, 4.69) is 10.6 Å². The van der Waals surface area contributed by atoms with E-state index in [1.807, 2.05) is 32.7 Å². The van der Waals surface area contributed by atoms with E-state index in [0.29, 0.717) is 19.0 Å². The molecule has 19 heavy (non-hydrogen) atoms. The number of hydrogen-bond donors (Lipinski definition) is 2. The number of likely N-dealkylation sites (N-methyl/N-ethyl adjacent to an activating group) is 1. The standard InChI is InChI=1S/C14H27N3O2/c1-14(2,3)13(19)16-8-7-12(18)17-9-5-6-11(10-17)15-4/h11,15H,5-10H2,1-4H3,(H,16,19). The molecule has 1 saturated heterocycles. The molecule has 1 aliphatic heterocycles. The fraction of sp³-hybridized carbons (Fsp3) is 0.857. The van der Waals surface area contributed by atoms with Crippen LogP contribution >= 0.6 is 0 Å². The smallest absolute Gasteiger partial charge is 0.225 e. The first-order valence-corrected chi connectivity index (χ1v) is 7.08. The zero-order valence-corrected chi connectivity index (χ0v) is 12.6. The van der Waals surface area contributed by atoms with Crippen LogP contribution in [0.2, 0.25) is 0 Å². The Bertz CT molecular complexity index is 323. The summed E-state index contributed by atoms with van der Waals surface area (Å²) >= 11 is 0. The Balaban J connectivity index is 2.29. The van der Waals surface area contributed by atoms with Gasteiger partial charge in [-0.25, -0.2) is 0 Å². The highest BCUT2D eigenvalue weighted by atomic mass is 16.2. The lowest BCUT2D eigenvalue weighted by molar-refractivity contribution is -0.133. The first-order valence-electron chi connectivity index (χ1n) is 7.08. The van der Waals surface area contributed by atoms with Crippen molar-refractivity contribution in [1.29, 1.82) is 0 Å². The molecule has 0 radical (unpaired) electrons. The molecule has 1 heterocycles. The predicted molar refractivity (Wildman–Crippen MR) is 75.7 cm³/mol. The second-order valence-electron chi connectivity index (χ2n) is 6.22. The van der Waals surface area contributed by atoms with Gasteiger partial charge in [-0.2, -0.15) is 0 Å². The van der Waals surface area contributed by atoms with Crippen molar-refractivity contribution in [2.24, 2.45) is 5.41 Å². The molecule has 1 aliphatic rings. The van der Waals surface area contributed by atoms with Crippen LogP contribution in [-0.4, -0.2) is 49.4 Å². The maximum absolute atomic E-state index is 12.0. The number of carbonyl (C=O) groups is 2. The lowest BCUT2D eigenvalue weighted by Gasteiger charge is -2.32. The highest BCUT2D eigenvalue weighted by Gasteiger charge is 2.23. The molecule has 0 aromatic carbocycles. The Labute approximate surface area is 116 Å². The van der Waals surface area contributed by atoms with Crippen molar-refractivity contribution in [3.63, 3.8) is 0 Å². The van der Waals surface area contributed by atoms with Crippen molar-refractivity contribution in [2.45, 2.75) is 46.1 Å². The fourth-order valence-corrected chi connectivity index (χ4v) is 2.15. The monoisotopic (exact) mass is 269 g/mol. The normalized spacial score (nSPS) is 20.2. The van der Waals surface area contributed by atoms with E-state index in [1.165, 1.54) is 0 Å². The van der Waals surface area contributed by atoms with E-state index in [1.54, 1.807) is 0 Å². The van der Waals surface area contributed by atoms with Gasteiger partial charge in [0.15, 0.2) is 0 Å². The molecule has 0 aliphatic carbocycles.